The molecule has 1 aromatic heterocycles. The zero-order valence-electron chi connectivity index (χ0n) is 11.3. The van der Waals surface area contributed by atoms with Crippen molar-refractivity contribution in [2.75, 3.05) is 7.05 Å². The second-order valence-corrected chi connectivity index (χ2v) is 6.85. The van der Waals surface area contributed by atoms with Crippen LogP contribution in [0.3, 0.4) is 0 Å². The van der Waals surface area contributed by atoms with E-state index in [2.05, 4.69) is 43.0 Å². The normalized spacial score (nSPS) is 25.7. The lowest BCUT2D eigenvalue weighted by molar-refractivity contribution is 0.101. The Labute approximate surface area is 110 Å². The van der Waals surface area contributed by atoms with Gasteiger partial charge in [-0.1, -0.05) is 26.7 Å². The second kappa shape index (κ2) is 5.53. The maximum absolute atomic E-state index is 3.57. The van der Waals surface area contributed by atoms with Crippen molar-refractivity contribution >= 4 is 11.3 Å². The average Bonchev–Trinajstić information content (AvgIpc) is 2.79. The molecule has 1 nitrogen and oxygen atoms in total. The van der Waals surface area contributed by atoms with Gasteiger partial charge in [0.05, 0.1) is 0 Å². The summed E-state index contributed by atoms with van der Waals surface area (Å²) in [5, 5.41) is 8.05. The van der Waals surface area contributed by atoms with Gasteiger partial charge in [0.25, 0.3) is 0 Å². The maximum Gasteiger partial charge on any atom is 0.0138 e. The number of hydrogen-bond donors (Lipinski definition) is 1. The Kier molecular flexibility index (Phi) is 4.26. The summed E-state index contributed by atoms with van der Waals surface area (Å²) in [6, 6.07) is 2.91. The minimum Gasteiger partial charge on any atom is -0.316 e. The molecule has 0 amide bonds. The molecule has 1 aliphatic rings. The Morgan fingerprint density at radius 1 is 1.47 bits per heavy atom. The van der Waals surface area contributed by atoms with E-state index in [9.17, 15) is 0 Å². The number of likely N-dealkylation sites (N-methyl/N-ethyl adjacent to an activating group) is 1. The van der Waals surface area contributed by atoms with Gasteiger partial charge in [0.1, 0.15) is 0 Å². The number of rotatable bonds is 4. The molecule has 1 saturated carbocycles. The van der Waals surface area contributed by atoms with Crippen molar-refractivity contribution in [1.29, 1.82) is 0 Å². The van der Waals surface area contributed by atoms with E-state index in [-0.39, 0.29) is 0 Å². The molecule has 2 rings (SSSR count). The lowest BCUT2D eigenvalue weighted by Gasteiger charge is -2.43. The first-order valence-corrected chi connectivity index (χ1v) is 7.76. The molecule has 0 bridgehead atoms. The molecule has 2 unspecified atom stereocenters. The molecule has 2 atom stereocenters. The first kappa shape index (κ1) is 13.1. The molecule has 0 aromatic carbocycles. The van der Waals surface area contributed by atoms with E-state index < -0.39 is 0 Å². The van der Waals surface area contributed by atoms with Gasteiger partial charge in [0.2, 0.25) is 0 Å². The zero-order chi connectivity index (χ0) is 12.3. The Balaban J connectivity index is 2.06. The molecule has 0 saturated heterocycles. The van der Waals surface area contributed by atoms with Crippen LogP contribution in [0.1, 0.15) is 45.1 Å². The number of hydrogen-bond acceptors (Lipinski definition) is 2. The highest BCUT2D eigenvalue weighted by Crippen LogP contribution is 2.42. The Bertz CT molecular complexity index is 329. The molecule has 1 aliphatic carbocycles. The van der Waals surface area contributed by atoms with Crippen LogP contribution in [0, 0.1) is 11.3 Å². The first-order chi connectivity index (χ1) is 8.13. The third-order valence-corrected chi connectivity index (χ3v) is 5.21. The molecular weight excluding hydrogens is 226 g/mol. The first-order valence-electron chi connectivity index (χ1n) is 6.82. The van der Waals surface area contributed by atoms with Crippen LogP contribution in [-0.2, 0) is 6.42 Å². The molecule has 0 aliphatic heterocycles. The molecule has 17 heavy (non-hydrogen) atoms. The topological polar surface area (TPSA) is 12.0 Å². The highest BCUT2D eigenvalue weighted by atomic mass is 32.1. The van der Waals surface area contributed by atoms with Crippen LogP contribution < -0.4 is 5.32 Å². The summed E-state index contributed by atoms with van der Waals surface area (Å²) in [6.45, 7) is 4.91. The van der Waals surface area contributed by atoms with Gasteiger partial charge in [0.15, 0.2) is 0 Å². The number of nitrogens with one attached hydrogen (secondary N) is 1. The summed E-state index contributed by atoms with van der Waals surface area (Å²) < 4.78 is 0. The molecule has 0 spiro atoms. The summed E-state index contributed by atoms with van der Waals surface area (Å²) in [7, 11) is 2.13. The predicted octanol–water partition coefficient (Wildman–Crippen LogP) is 4.10. The second-order valence-electron chi connectivity index (χ2n) is 6.07. The van der Waals surface area contributed by atoms with E-state index in [1.54, 1.807) is 0 Å². The van der Waals surface area contributed by atoms with Crippen molar-refractivity contribution in [3.8, 4) is 0 Å². The third kappa shape index (κ3) is 3.11. The van der Waals surface area contributed by atoms with Gasteiger partial charge in [-0.15, -0.1) is 0 Å². The Hall–Kier alpha value is -0.340. The van der Waals surface area contributed by atoms with Gasteiger partial charge in [0, 0.05) is 6.04 Å². The van der Waals surface area contributed by atoms with Crippen LogP contribution >= 0.6 is 11.3 Å². The monoisotopic (exact) mass is 251 g/mol. The lowest BCUT2D eigenvalue weighted by Crippen LogP contribution is -2.44. The van der Waals surface area contributed by atoms with Crippen molar-refractivity contribution in [2.24, 2.45) is 11.3 Å². The van der Waals surface area contributed by atoms with Gasteiger partial charge in [-0.05, 0) is 60.0 Å². The standard InChI is InChI=1S/C15H25NS/c1-15(2)8-5-4-6-13(15)14(16-3)10-12-7-9-17-11-12/h7,9,11,13-14,16H,4-6,8,10H2,1-3H3. The fraction of sp³-hybridized carbons (Fsp3) is 0.733. The molecule has 1 fully saturated rings. The van der Waals surface area contributed by atoms with Crippen LogP contribution in [0.25, 0.3) is 0 Å². The summed E-state index contributed by atoms with van der Waals surface area (Å²) >= 11 is 1.81. The van der Waals surface area contributed by atoms with Crippen molar-refractivity contribution < 1.29 is 0 Å². The van der Waals surface area contributed by atoms with Crippen LogP contribution in [0.15, 0.2) is 16.8 Å². The van der Waals surface area contributed by atoms with Gasteiger partial charge in [-0.2, -0.15) is 11.3 Å². The fourth-order valence-electron chi connectivity index (χ4n) is 3.38. The van der Waals surface area contributed by atoms with Crippen LogP contribution in [0.2, 0.25) is 0 Å². The molecule has 1 aromatic rings. The van der Waals surface area contributed by atoms with Crippen LogP contribution in [0.5, 0.6) is 0 Å². The quantitative estimate of drug-likeness (QED) is 0.849. The fourth-order valence-corrected chi connectivity index (χ4v) is 4.06. The summed E-state index contributed by atoms with van der Waals surface area (Å²) in [5.41, 5.74) is 2.00. The van der Waals surface area contributed by atoms with Gasteiger partial charge >= 0.3 is 0 Å². The van der Waals surface area contributed by atoms with E-state index in [1.807, 2.05) is 11.3 Å². The van der Waals surface area contributed by atoms with Gasteiger partial charge < -0.3 is 5.32 Å². The van der Waals surface area contributed by atoms with E-state index >= 15 is 0 Å². The molecule has 1 N–H and O–H groups in total. The van der Waals surface area contributed by atoms with E-state index in [1.165, 1.54) is 37.7 Å². The molecule has 2 heteroatoms. The van der Waals surface area contributed by atoms with Crippen molar-refractivity contribution in [1.82, 2.24) is 5.32 Å². The van der Waals surface area contributed by atoms with Crippen molar-refractivity contribution in [2.45, 2.75) is 52.0 Å². The molecular formula is C15H25NS. The van der Waals surface area contributed by atoms with Crippen LogP contribution in [-0.4, -0.2) is 13.1 Å². The largest absolute Gasteiger partial charge is 0.316 e. The average molecular weight is 251 g/mol. The smallest absolute Gasteiger partial charge is 0.0138 e. The van der Waals surface area contributed by atoms with Crippen LogP contribution in [0.4, 0.5) is 0 Å². The van der Waals surface area contributed by atoms with Gasteiger partial charge in [-0.25, -0.2) is 0 Å². The third-order valence-electron chi connectivity index (χ3n) is 4.48. The lowest BCUT2D eigenvalue weighted by atomic mass is 9.65. The van der Waals surface area contributed by atoms with E-state index in [4.69, 9.17) is 0 Å². The van der Waals surface area contributed by atoms with Crippen molar-refractivity contribution in [3.05, 3.63) is 22.4 Å². The highest BCUT2D eigenvalue weighted by Gasteiger charge is 2.36. The van der Waals surface area contributed by atoms with E-state index in [0.29, 0.717) is 11.5 Å². The molecule has 1 heterocycles. The summed E-state index contributed by atoms with van der Waals surface area (Å²) in [5.74, 6) is 0.821. The highest BCUT2D eigenvalue weighted by molar-refractivity contribution is 7.07. The number of thiophene rings is 1. The Morgan fingerprint density at radius 2 is 2.29 bits per heavy atom. The minimum atomic E-state index is 0.502. The van der Waals surface area contributed by atoms with Crippen molar-refractivity contribution in [3.63, 3.8) is 0 Å². The summed E-state index contributed by atoms with van der Waals surface area (Å²) in [6.07, 6.45) is 6.80. The van der Waals surface area contributed by atoms with E-state index in [0.717, 1.165) is 5.92 Å². The summed E-state index contributed by atoms with van der Waals surface area (Å²) in [4.78, 5) is 0. The SMILES string of the molecule is CNC(Cc1ccsc1)C1CCCCC1(C)C. The molecule has 96 valence electrons. The van der Waals surface area contributed by atoms with Gasteiger partial charge in [-0.3, -0.25) is 0 Å². The zero-order valence-corrected chi connectivity index (χ0v) is 12.1. The predicted molar refractivity (Wildman–Crippen MR) is 76.6 cm³/mol. The maximum atomic E-state index is 3.57. The Morgan fingerprint density at radius 3 is 2.88 bits per heavy atom. The molecule has 0 radical (unpaired) electrons. The minimum absolute atomic E-state index is 0.502.